The molecular weight excluding hydrogens is 321 g/mol. The molecule has 3 aromatic rings. The van der Waals surface area contributed by atoms with E-state index in [0.717, 1.165) is 5.56 Å². The van der Waals surface area contributed by atoms with E-state index in [1.165, 1.54) is 6.07 Å². The first kappa shape index (κ1) is 12.9. The second-order valence-corrected chi connectivity index (χ2v) is 5.18. The minimum atomic E-state index is -0.333. The van der Waals surface area contributed by atoms with Crippen molar-refractivity contribution in [2.24, 2.45) is 0 Å². The second kappa shape index (κ2) is 5.09. The molecule has 0 spiro atoms. The average molecular weight is 332 g/mol. The number of halogens is 2. The maximum atomic E-state index is 14.1. The molecule has 2 aromatic carbocycles. The Morgan fingerprint density at radius 1 is 1.00 bits per heavy atom. The van der Waals surface area contributed by atoms with Gasteiger partial charge in [-0.1, -0.05) is 36.4 Å². The summed E-state index contributed by atoms with van der Waals surface area (Å²) in [6.07, 6.45) is 0. The molecule has 0 saturated carbocycles. The van der Waals surface area contributed by atoms with E-state index in [1.54, 1.807) is 12.1 Å². The minimum Gasteiger partial charge on any atom is -0.382 e. The molecule has 1 aromatic heterocycles. The third-order valence-electron chi connectivity index (χ3n) is 3.07. The van der Waals surface area contributed by atoms with E-state index >= 15 is 0 Å². The van der Waals surface area contributed by atoms with Crippen molar-refractivity contribution in [1.29, 1.82) is 0 Å². The predicted molar refractivity (Wildman–Crippen MR) is 81.5 cm³/mol. The predicted octanol–water partition coefficient (Wildman–Crippen LogP) is 4.23. The van der Waals surface area contributed by atoms with Crippen LogP contribution in [0.1, 0.15) is 0 Å². The normalized spacial score (nSPS) is 10.7. The number of nitrogens with zero attached hydrogens (tertiary/aromatic N) is 1. The van der Waals surface area contributed by atoms with Gasteiger partial charge in [0, 0.05) is 4.47 Å². The summed E-state index contributed by atoms with van der Waals surface area (Å²) in [6, 6.07) is 14.4. The molecule has 0 aliphatic rings. The van der Waals surface area contributed by atoms with Gasteiger partial charge in [-0.25, -0.2) is 4.39 Å². The maximum absolute atomic E-state index is 14.1. The van der Waals surface area contributed by atoms with E-state index in [2.05, 4.69) is 26.1 Å². The smallest absolute Gasteiger partial charge is 0.153 e. The lowest BCUT2D eigenvalue weighted by Gasteiger charge is -2.07. The first-order valence-corrected chi connectivity index (χ1v) is 6.81. The van der Waals surface area contributed by atoms with Gasteiger partial charge in [-0.15, -0.1) is 0 Å². The molecule has 0 saturated heterocycles. The quantitative estimate of drug-likeness (QED) is 0.738. The van der Waals surface area contributed by atoms with Crippen LogP contribution in [0.25, 0.3) is 22.4 Å². The number of nitrogen functional groups attached to an aromatic ring is 1. The molecule has 0 unspecified atom stereocenters. The number of nitrogens with two attached hydrogens (primary N) is 1. The molecule has 0 fully saturated rings. The lowest BCUT2D eigenvalue weighted by Crippen LogP contribution is -1.91. The van der Waals surface area contributed by atoms with Gasteiger partial charge in [0.1, 0.15) is 5.82 Å². The zero-order chi connectivity index (χ0) is 14.1. The molecule has 0 aliphatic heterocycles. The summed E-state index contributed by atoms with van der Waals surface area (Å²) in [4.78, 5) is 0. The van der Waals surface area contributed by atoms with Crippen LogP contribution < -0.4 is 5.73 Å². The fourth-order valence-electron chi connectivity index (χ4n) is 2.17. The molecule has 0 bridgehead atoms. The summed E-state index contributed by atoms with van der Waals surface area (Å²) in [5.41, 5.74) is 8.52. The van der Waals surface area contributed by atoms with Crippen molar-refractivity contribution in [1.82, 2.24) is 10.2 Å². The maximum Gasteiger partial charge on any atom is 0.153 e. The van der Waals surface area contributed by atoms with Crippen LogP contribution >= 0.6 is 15.9 Å². The van der Waals surface area contributed by atoms with Gasteiger partial charge >= 0.3 is 0 Å². The highest BCUT2D eigenvalue weighted by atomic mass is 79.9. The van der Waals surface area contributed by atoms with Crippen LogP contribution in [0, 0.1) is 5.82 Å². The molecule has 1 heterocycles. The van der Waals surface area contributed by atoms with Gasteiger partial charge in [0.25, 0.3) is 0 Å². The number of aromatic amines is 1. The lowest BCUT2D eigenvalue weighted by molar-refractivity contribution is 0.630. The average Bonchev–Trinajstić information content (AvgIpc) is 2.81. The van der Waals surface area contributed by atoms with E-state index in [-0.39, 0.29) is 5.82 Å². The molecule has 3 nitrogen and oxygen atoms in total. The molecule has 0 aliphatic carbocycles. The van der Waals surface area contributed by atoms with Gasteiger partial charge in [-0.2, -0.15) is 5.10 Å². The molecule has 20 heavy (non-hydrogen) atoms. The molecule has 100 valence electrons. The Morgan fingerprint density at radius 3 is 2.45 bits per heavy atom. The largest absolute Gasteiger partial charge is 0.382 e. The van der Waals surface area contributed by atoms with E-state index in [0.29, 0.717) is 27.1 Å². The van der Waals surface area contributed by atoms with Crippen LogP contribution in [0.3, 0.4) is 0 Å². The Hall–Kier alpha value is -2.14. The summed E-state index contributed by atoms with van der Waals surface area (Å²) < 4.78 is 14.8. The third-order valence-corrected chi connectivity index (χ3v) is 3.73. The highest BCUT2D eigenvalue weighted by molar-refractivity contribution is 9.10. The number of benzene rings is 2. The minimum absolute atomic E-state index is 0.333. The number of aromatic nitrogens is 2. The van der Waals surface area contributed by atoms with Crippen LogP contribution in [0.5, 0.6) is 0 Å². The van der Waals surface area contributed by atoms with Crippen molar-refractivity contribution in [3.63, 3.8) is 0 Å². The standard InChI is InChI=1S/C15H11BrFN3/c16-10-7-4-8-11(17)13(10)14-12(15(18)20-19-14)9-5-2-1-3-6-9/h1-8H,(H3,18,19,20). The van der Waals surface area contributed by atoms with Crippen molar-refractivity contribution < 1.29 is 4.39 Å². The zero-order valence-electron chi connectivity index (χ0n) is 10.4. The van der Waals surface area contributed by atoms with Crippen LogP contribution in [-0.2, 0) is 0 Å². The van der Waals surface area contributed by atoms with E-state index in [9.17, 15) is 4.39 Å². The highest BCUT2D eigenvalue weighted by Gasteiger charge is 2.19. The Balaban J connectivity index is 2.27. The van der Waals surface area contributed by atoms with Crippen LogP contribution in [0.4, 0.5) is 10.2 Å². The Bertz CT molecular complexity index is 733. The van der Waals surface area contributed by atoms with Crippen molar-refractivity contribution in [3.05, 3.63) is 58.8 Å². The fraction of sp³-hybridized carbons (Fsp3) is 0. The number of hydrogen-bond acceptors (Lipinski definition) is 2. The first-order valence-electron chi connectivity index (χ1n) is 6.02. The van der Waals surface area contributed by atoms with Crippen molar-refractivity contribution in [2.45, 2.75) is 0 Å². The van der Waals surface area contributed by atoms with E-state index in [4.69, 9.17) is 5.73 Å². The molecular formula is C15H11BrFN3. The van der Waals surface area contributed by atoms with Gasteiger partial charge < -0.3 is 5.73 Å². The first-order chi connectivity index (χ1) is 9.68. The number of hydrogen-bond donors (Lipinski definition) is 2. The van der Waals surface area contributed by atoms with Crippen LogP contribution in [0.2, 0.25) is 0 Å². The Labute approximate surface area is 123 Å². The topological polar surface area (TPSA) is 54.7 Å². The lowest BCUT2D eigenvalue weighted by atomic mass is 10.0. The summed E-state index contributed by atoms with van der Waals surface area (Å²) in [7, 11) is 0. The SMILES string of the molecule is Nc1n[nH]c(-c2c(F)cccc2Br)c1-c1ccccc1. The van der Waals surface area contributed by atoms with Gasteiger partial charge in [0.05, 0.1) is 16.8 Å². The molecule has 3 N–H and O–H groups in total. The van der Waals surface area contributed by atoms with Crippen LogP contribution in [-0.4, -0.2) is 10.2 Å². The van der Waals surface area contributed by atoms with Crippen molar-refractivity contribution in [2.75, 3.05) is 5.73 Å². The van der Waals surface area contributed by atoms with Gasteiger partial charge in [-0.05, 0) is 33.6 Å². The van der Waals surface area contributed by atoms with E-state index < -0.39 is 0 Å². The Kier molecular flexibility index (Phi) is 3.28. The number of anilines is 1. The molecule has 3 rings (SSSR count). The molecule has 0 atom stereocenters. The summed E-state index contributed by atoms with van der Waals surface area (Å²) in [6.45, 7) is 0. The Morgan fingerprint density at radius 2 is 1.75 bits per heavy atom. The van der Waals surface area contributed by atoms with E-state index in [1.807, 2.05) is 30.3 Å². The zero-order valence-corrected chi connectivity index (χ0v) is 12.0. The third kappa shape index (κ3) is 2.10. The fourth-order valence-corrected chi connectivity index (χ4v) is 2.71. The van der Waals surface area contributed by atoms with Crippen LogP contribution in [0.15, 0.2) is 53.0 Å². The van der Waals surface area contributed by atoms with Crippen molar-refractivity contribution >= 4 is 21.7 Å². The highest BCUT2D eigenvalue weighted by Crippen LogP contribution is 2.38. The summed E-state index contributed by atoms with van der Waals surface area (Å²) in [5, 5.41) is 6.84. The van der Waals surface area contributed by atoms with Gasteiger partial charge in [-0.3, -0.25) is 5.10 Å². The number of rotatable bonds is 2. The molecule has 0 amide bonds. The van der Waals surface area contributed by atoms with Gasteiger partial charge in [0.15, 0.2) is 5.82 Å². The molecule has 0 radical (unpaired) electrons. The molecule has 5 heteroatoms. The summed E-state index contributed by atoms with van der Waals surface area (Å²) >= 11 is 3.37. The monoisotopic (exact) mass is 331 g/mol. The number of nitrogens with one attached hydrogen (secondary N) is 1. The van der Waals surface area contributed by atoms with Gasteiger partial charge in [0.2, 0.25) is 0 Å². The second-order valence-electron chi connectivity index (χ2n) is 4.32. The number of H-pyrrole nitrogens is 1. The van der Waals surface area contributed by atoms with Crippen molar-refractivity contribution in [3.8, 4) is 22.4 Å². The summed E-state index contributed by atoms with van der Waals surface area (Å²) in [5.74, 6) is 0.0153.